The molecule has 2 aromatic carbocycles. The van der Waals surface area contributed by atoms with E-state index in [1.807, 2.05) is 0 Å². The number of benzene rings is 2. The Bertz CT molecular complexity index is 1030. The molecule has 10 heteroatoms. The number of carboxylic acid groups (broad SMARTS) is 1. The molecule has 9 nitrogen and oxygen atoms in total. The first-order chi connectivity index (χ1) is 14.2. The number of carbonyl (C=O) groups is 3. The number of anilines is 1. The number of thiol groups is 1. The molecule has 0 spiro atoms. The van der Waals surface area contributed by atoms with E-state index < -0.39 is 16.2 Å². The van der Waals surface area contributed by atoms with Gasteiger partial charge in [-0.05, 0) is 42.5 Å². The molecule has 0 aromatic heterocycles. The second-order valence-electron chi connectivity index (χ2n) is 7.05. The first kappa shape index (κ1) is 21.5. The van der Waals surface area contributed by atoms with Crippen LogP contribution < -0.4 is 10.5 Å². The van der Waals surface area contributed by atoms with Crippen LogP contribution in [0.25, 0.3) is 0 Å². The molecular weight excluding hydrogens is 410 g/mol. The number of fused-ring (bicyclic) bond motifs is 1. The average Bonchev–Trinajstić information content (AvgIpc) is 2.88. The third-order valence-corrected chi connectivity index (χ3v) is 6.01. The zero-order valence-corrected chi connectivity index (χ0v) is 17.2. The molecule has 3 rings (SSSR count). The molecule has 1 heterocycles. The summed E-state index contributed by atoms with van der Waals surface area (Å²) in [6.07, 6.45) is 0.406. The van der Waals surface area contributed by atoms with Crippen molar-refractivity contribution in [2.45, 2.75) is 12.2 Å². The van der Waals surface area contributed by atoms with E-state index in [1.54, 1.807) is 42.5 Å². The molecule has 0 atom stereocenters. The number of nitrogen functional groups attached to an aromatic ring is 1. The van der Waals surface area contributed by atoms with Gasteiger partial charge in [0.2, 0.25) is 0 Å². The fourth-order valence-corrected chi connectivity index (χ4v) is 4.59. The number of nitrogens with two attached hydrogens (primary N) is 1. The summed E-state index contributed by atoms with van der Waals surface area (Å²) in [6, 6.07) is 11.6. The molecule has 30 heavy (non-hydrogen) atoms. The van der Waals surface area contributed by atoms with Crippen LogP contribution in [0.1, 0.15) is 32.7 Å². The second-order valence-corrected chi connectivity index (χ2v) is 9.74. The predicted molar refractivity (Wildman–Crippen MR) is 114 cm³/mol. The van der Waals surface area contributed by atoms with Gasteiger partial charge in [-0.15, -0.1) is 0 Å². The van der Waals surface area contributed by atoms with Gasteiger partial charge < -0.3 is 20.1 Å². The average molecular weight is 433 g/mol. The number of rotatable bonds is 7. The van der Waals surface area contributed by atoms with Crippen LogP contribution in [0.3, 0.4) is 0 Å². The van der Waals surface area contributed by atoms with Crippen molar-refractivity contribution >= 4 is 33.7 Å². The third-order valence-electron chi connectivity index (χ3n) is 4.44. The standard InChI is InChI=1S/C20H23N3O6S/c1-30(28,22-20(26)27)12-13-9-14(21)11-15(10-13)29-8-4-7-23-18(24)16-5-2-3-6-17(16)19(23)25/h2-3,5-6,9-11,30H,4,7-8,12,21H2,1H3,(H,22,28)(H,26,27). The highest BCUT2D eigenvalue weighted by molar-refractivity contribution is 7.98. The number of hydrogen-bond donors (Lipinski definition) is 4. The van der Waals surface area contributed by atoms with E-state index in [2.05, 4.69) is 4.36 Å². The first-order valence-electron chi connectivity index (χ1n) is 9.18. The van der Waals surface area contributed by atoms with Crippen LogP contribution in [0.15, 0.2) is 46.8 Å². The Balaban J connectivity index is 1.58. The topological polar surface area (TPSA) is 143 Å². The van der Waals surface area contributed by atoms with Gasteiger partial charge in [0.1, 0.15) is 5.75 Å². The van der Waals surface area contributed by atoms with E-state index in [0.29, 0.717) is 34.5 Å². The molecule has 160 valence electrons. The number of ether oxygens (including phenoxy) is 1. The molecule has 0 bridgehead atoms. The molecule has 1 aliphatic rings. The molecule has 0 radical (unpaired) electrons. The van der Waals surface area contributed by atoms with Crippen molar-refractivity contribution in [1.29, 1.82) is 0 Å². The van der Waals surface area contributed by atoms with Gasteiger partial charge in [0.15, 0.2) is 0 Å². The summed E-state index contributed by atoms with van der Waals surface area (Å²) in [7, 11) is -3.02. The van der Waals surface area contributed by atoms with Crippen molar-refractivity contribution in [3.8, 4) is 5.75 Å². The summed E-state index contributed by atoms with van der Waals surface area (Å²) in [5, 5.41) is 8.76. The van der Waals surface area contributed by atoms with Crippen LogP contribution in [0.2, 0.25) is 0 Å². The Hall–Kier alpha value is -3.24. The van der Waals surface area contributed by atoms with Gasteiger partial charge in [-0.2, -0.15) is 4.36 Å². The van der Waals surface area contributed by atoms with Crippen molar-refractivity contribution in [3.05, 3.63) is 59.2 Å². The van der Waals surface area contributed by atoms with Crippen molar-refractivity contribution in [2.75, 3.05) is 25.1 Å². The van der Waals surface area contributed by atoms with Gasteiger partial charge in [-0.3, -0.25) is 14.5 Å². The largest absolute Gasteiger partial charge is 0.493 e. The Morgan fingerprint density at radius 2 is 1.80 bits per heavy atom. The minimum Gasteiger partial charge on any atom is -0.493 e. The van der Waals surface area contributed by atoms with Crippen molar-refractivity contribution < 1.29 is 28.8 Å². The zero-order chi connectivity index (χ0) is 21.9. The quantitative estimate of drug-likeness (QED) is 0.227. The maximum Gasteiger partial charge on any atom is 0.437 e. The molecule has 3 amide bonds. The number of nitrogens with zero attached hydrogens (tertiary/aromatic N) is 2. The highest BCUT2D eigenvalue weighted by Gasteiger charge is 2.34. The Labute approximate surface area is 174 Å². The molecule has 0 saturated heterocycles. The summed E-state index contributed by atoms with van der Waals surface area (Å²) in [5.41, 5.74) is 7.70. The smallest absolute Gasteiger partial charge is 0.437 e. The number of carbonyl (C=O) groups excluding carboxylic acids is 2. The van der Waals surface area contributed by atoms with Crippen molar-refractivity contribution in [3.63, 3.8) is 0 Å². The molecule has 0 aliphatic carbocycles. The maximum atomic E-state index is 12.3. The second kappa shape index (κ2) is 8.64. The van der Waals surface area contributed by atoms with Crippen LogP contribution in [0.5, 0.6) is 5.75 Å². The monoisotopic (exact) mass is 433 g/mol. The summed E-state index contributed by atoms with van der Waals surface area (Å²) in [6.45, 7) is 0.459. The fourth-order valence-electron chi connectivity index (χ4n) is 3.28. The molecule has 0 fully saturated rings. The summed E-state index contributed by atoms with van der Waals surface area (Å²) < 4.78 is 19.2. The van der Waals surface area contributed by atoms with Crippen LogP contribution in [-0.2, 0) is 15.9 Å². The predicted octanol–water partition coefficient (Wildman–Crippen LogP) is 2.68. The van der Waals surface area contributed by atoms with E-state index in [9.17, 15) is 18.9 Å². The van der Waals surface area contributed by atoms with E-state index in [4.69, 9.17) is 15.6 Å². The van der Waals surface area contributed by atoms with Crippen LogP contribution in [0, 0.1) is 0 Å². The highest BCUT2D eigenvalue weighted by atomic mass is 32.3. The van der Waals surface area contributed by atoms with Gasteiger partial charge in [-0.1, -0.05) is 22.2 Å². The minimum absolute atomic E-state index is 0.0513. The zero-order valence-electron chi connectivity index (χ0n) is 16.3. The minimum atomic E-state index is -3.02. The normalized spacial score (nSPS) is 13.9. The molecule has 1 aliphatic heterocycles. The van der Waals surface area contributed by atoms with Crippen LogP contribution >= 0.6 is 0 Å². The van der Waals surface area contributed by atoms with E-state index in [1.165, 1.54) is 11.2 Å². The number of amides is 3. The van der Waals surface area contributed by atoms with E-state index in [0.717, 1.165) is 0 Å². The van der Waals surface area contributed by atoms with Gasteiger partial charge in [0.05, 0.1) is 17.7 Å². The lowest BCUT2D eigenvalue weighted by atomic mass is 10.1. The lowest BCUT2D eigenvalue weighted by molar-refractivity contribution is 0.0646. The van der Waals surface area contributed by atoms with Gasteiger partial charge in [0, 0.05) is 24.1 Å². The summed E-state index contributed by atoms with van der Waals surface area (Å²) in [4.78, 5) is 36.6. The van der Waals surface area contributed by atoms with Crippen LogP contribution in [-0.4, -0.2) is 51.9 Å². The molecule has 0 unspecified atom stereocenters. The van der Waals surface area contributed by atoms with E-state index >= 15 is 0 Å². The molecule has 0 saturated carbocycles. The Kier molecular flexibility index (Phi) is 6.18. The molecule has 2 aromatic rings. The van der Waals surface area contributed by atoms with E-state index in [-0.39, 0.29) is 30.7 Å². The third kappa shape index (κ3) is 5.02. The van der Waals surface area contributed by atoms with Gasteiger partial charge in [0.25, 0.3) is 11.8 Å². The lowest BCUT2D eigenvalue weighted by Crippen LogP contribution is -2.31. The Morgan fingerprint density at radius 3 is 2.40 bits per heavy atom. The lowest BCUT2D eigenvalue weighted by Gasteiger charge is -2.18. The number of imide groups is 1. The SMILES string of the molecule is C[SH](O)(Cc1cc(N)cc(OCCCN2C(=O)c3ccccc3C2=O)c1)=NC(=O)O. The van der Waals surface area contributed by atoms with Gasteiger partial charge >= 0.3 is 6.09 Å². The van der Waals surface area contributed by atoms with Crippen molar-refractivity contribution in [2.24, 2.45) is 4.36 Å². The highest BCUT2D eigenvalue weighted by Crippen LogP contribution is 2.24. The maximum absolute atomic E-state index is 12.3. The first-order valence-corrected chi connectivity index (χ1v) is 11.5. The number of hydrogen-bond acceptors (Lipinski definition) is 5. The van der Waals surface area contributed by atoms with Crippen LogP contribution in [0.4, 0.5) is 10.5 Å². The summed E-state index contributed by atoms with van der Waals surface area (Å²) in [5.74, 6) is -0.122. The van der Waals surface area contributed by atoms with Gasteiger partial charge in [-0.25, -0.2) is 4.79 Å². The van der Waals surface area contributed by atoms with Crippen molar-refractivity contribution in [1.82, 2.24) is 4.90 Å². The molecule has 4 N–H and O–H groups in total. The summed E-state index contributed by atoms with van der Waals surface area (Å²) >= 11 is 0. The fraction of sp³-hybridized carbons (Fsp3) is 0.250. The molecular formula is C20H23N3O6S. The Morgan fingerprint density at radius 1 is 1.17 bits per heavy atom.